The lowest BCUT2D eigenvalue weighted by Gasteiger charge is -2.37. The fourth-order valence-electron chi connectivity index (χ4n) is 3.66. The number of benzene rings is 2. The molecule has 28 heavy (non-hydrogen) atoms. The molecule has 1 saturated heterocycles. The minimum atomic E-state index is -0.121. The summed E-state index contributed by atoms with van der Waals surface area (Å²) >= 11 is 0. The second kappa shape index (κ2) is 8.77. The summed E-state index contributed by atoms with van der Waals surface area (Å²) in [6.07, 6.45) is 0.859. The standard InChI is InChI=1S/C22H25N3O3/c1-25-11-10-19(24-22(26)16-6-4-15(13-23)5-7-16)18(14-25)17-8-9-20(27-2)21(12-17)28-3/h4-9,12,18-19H,10-11,14H2,1-3H3,(H,24,26). The fraction of sp³-hybridized carbons (Fsp3) is 0.364. The highest BCUT2D eigenvalue weighted by Crippen LogP contribution is 2.34. The predicted molar refractivity (Wildman–Crippen MR) is 107 cm³/mol. The van der Waals surface area contributed by atoms with E-state index in [2.05, 4.69) is 23.3 Å². The van der Waals surface area contributed by atoms with Crippen LogP contribution >= 0.6 is 0 Å². The Bertz CT molecular complexity index is 874. The zero-order valence-electron chi connectivity index (χ0n) is 16.4. The third-order valence-corrected chi connectivity index (χ3v) is 5.24. The summed E-state index contributed by atoms with van der Waals surface area (Å²) in [6, 6.07) is 14.7. The second-order valence-electron chi connectivity index (χ2n) is 7.04. The average molecular weight is 379 g/mol. The molecular weight excluding hydrogens is 354 g/mol. The van der Waals surface area contributed by atoms with Crippen LogP contribution in [-0.2, 0) is 0 Å². The molecule has 2 aromatic carbocycles. The van der Waals surface area contributed by atoms with Crippen molar-refractivity contribution in [3.8, 4) is 17.6 Å². The van der Waals surface area contributed by atoms with E-state index >= 15 is 0 Å². The van der Waals surface area contributed by atoms with Crippen molar-refractivity contribution < 1.29 is 14.3 Å². The maximum absolute atomic E-state index is 12.7. The molecule has 0 bridgehead atoms. The first-order valence-electron chi connectivity index (χ1n) is 9.27. The van der Waals surface area contributed by atoms with E-state index in [9.17, 15) is 4.79 Å². The van der Waals surface area contributed by atoms with Crippen LogP contribution in [0.2, 0.25) is 0 Å². The van der Waals surface area contributed by atoms with Crippen molar-refractivity contribution in [1.82, 2.24) is 10.2 Å². The van der Waals surface area contributed by atoms with E-state index in [1.165, 1.54) is 0 Å². The number of nitriles is 1. The number of nitrogens with zero attached hydrogens (tertiary/aromatic N) is 2. The van der Waals surface area contributed by atoms with Crippen LogP contribution in [0.25, 0.3) is 0 Å². The fourth-order valence-corrected chi connectivity index (χ4v) is 3.66. The molecule has 2 aromatic rings. The lowest BCUT2D eigenvalue weighted by molar-refractivity contribution is 0.0904. The van der Waals surface area contributed by atoms with Gasteiger partial charge in [-0.1, -0.05) is 6.07 Å². The van der Waals surface area contributed by atoms with E-state index < -0.39 is 0 Å². The van der Waals surface area contributed by atoms with Gasteiger partial charge in [0.1, 0.15) is 0 Å². The minimum Gasteiger partial charge on any atom is -0.493 e. The molecule has 1 amide bonds. The molecule has 0 saturated carbocycles. The molecule has 146 valence electrons. The number of ether oxygens (including phenoxy) is 2. The SMILES string of the molecule is COc1ccc(C2CN(C)CCC2NC(=O)c2ccc(C#N)cc2)cc1OC. The van der Waals surface area contributed by atoms with Gasteiger partial charge in [0.2, 0.25) is 0 Å². The molecule has 6 nitrogen and oxygen atoms in total. The minimum absolute atomic E-state index is 0.0115. The quantitative estimate of drug-likeness (QED) is 0.865. The number of carbonyl (C=O) groups excluding carboxylic acids is 1. The number of likely N-dealkylation sites (tertiary alicyclic amines) is 1. The predicted octanol–water partition coefficient (Wildman–Crippen LogP) is 2.79. The number of amides is 1. The van der Waals surface area contributed by atoms with E-state index in [0.717, 1.165) is 25.1 Å². The molecule has 0 aromatic heterocycles. The van der Waals surface area contributed by atoms with E-state index in [0.29, 0.717) is 22.6 Å². The molecule has 2 unspecified atom stereocenters. The number of hydrogen-bond donors (Lipinski definition) is 1. The summed E-state index contributed by atoms with van der Waals surface area (Å²) in [4.78, 5) is 15.0. The molecule has 1 N–H and O–H groups in total. The van der Waals surface area contributed by atoms with Gasteiger partial charge in [0.15, 0.2) is 11.5 Å². The maximum Gasteiger partial charge on any atom is 0.251 e. The molecule has 1 aliphatic rings. The first kappa shape index (κ1) is 19.7. The number of hydrogen-bond acceptors (Lipinski definition) is 5. The van der Waals surface area contributed by atoms with Gasteiger partial charge in [0, 0.05) is 24.1 Å². The van der Waals surface area contributed by atoms with Crippen molar-refractivity contribution >= 4 is 5.91 Å². The summed E-state index contributed by atoms with van der Waals surface area (Å²) < 4.78 is 10.8. The summed E-state index contributed by atoms with van der Waals surface area (Å²) in [7, 11) is 5.33. The highest BCUT2D eigenvalue weighted by atomic mass is 16.5. The van der Waals surface area contributed by atoms with Gasteiger partial charge in [-0.15, -0.1) is 0 Å². The first-order valence-corrected chi connectivity index (χ1v) is 9.27. The molecule has 6 heteroatoms. The largest absolute Gasteiger partial charge is 0.493 e. The summed E-state index contributed by atoms with van der Waals surface area (Å²) in [5.74, 6) is 1.39. The number of likely N-dealkylation sites (N-methyl/N-ethyl adjacent to an activating group) is 1. The zero-order valence-corrected chi connectivity index (χ0v) is 16.4. The molecule has 2 atom stereocenters. The van der Waals surface area contributed by atoms with Crippen LogP contribution in [0.1, 0.15) is 33.8 Å². The Hall–Kier alpha value is -3.04. The Kier molecular flexibility index (Phi) is 6.17. The average Bonchev–Trinajstić information content (AvgIpc) is 2.74. The van der Waals surface area contributed by atoms with Crippen LogP contribution in [0.3, 0.4) is 0 Å². The number of rotatable bonds is 5. The molecule has 0 aliphatic carbocycles. The van der Waals surface area contributed by atoms with Crippen molar-refractivity contribution in [2.45, 2.75) is 18.4 Å². The van der Waals surface area contributed by atoms with E-state index in [-0.39, 0.29) is 17.9 Å². The highest BCUT2D eigenvalue weighted by Gasteiger charge is 2.31. The van der Waals surface area contributed by atoms with Crippen LogP contribution in [0.15, 0.2) is 42.5 Å². The number of methoxy groups -OCH3 is 2. The third kappa shape index (κ3) is 4.26. The number of carbonyl (C=O) groups is 1. The number of nitrogens with one attached hydrogen (secondary N) is 1. The lowest BCUT2D eigenvalue weighted by Crippen LogP contribution is -2.48. The molecule has 0 radical (unpaired) electrons. The van der Waals surface area contributed by atoms with Gasteiger partial charge in [0.05, 0.1) is 25.9 Å². The number of piperidine rings is 1. The van der Waals surface area contributed by atoms with Crippen molar-refractivity contribution in [1.29, 1.82) is 5.26 Å². The van der Waals surface area contributed by atoms with Gasteiger partial charge in [0.25, 0.3) is 5.91 Å². The van der Waals surface area contributed by atoms with Gasteiger partial charge < -0.3 is 19.7 Å². The second-order valence-corrected chi connectivity index (χ2v) is 7.04. The van der Waals surface area contributed by atoms with Crippen LogP contribution in [0, 0.1) is 11.3 Å². The Morgan fingerprint density at radius 2 is 1.86 bits per heavy atom. The summed E-state index contributed by atoms with van der Waals surface area (Å²) in [6.45, 7) is 1.76. The van der Waals surface area contributed by atoms with Gasteiger partial charge in [-0.05, 0) is 62.0 Å². The first-order chi connectivity index (χ1) is 13.5. The Labute approximate surface area is 165 Å². The normalized spacial score (nSPS) is 19.5. The van der Waals surface area contributed by atoms with Gasteiger partial charge in [-0.25, -0.2) is 0 Å². The van der Waals surface area contributed by atoms with Crippen LogP contribution in [-0.4, -0.2) is 51.2 Å². The van der Waals surface area contributed by atoms with Crippen LogP contribution < -0.4 is 14.8 Å². The molecule has 0 spiro atoms. The zero-order chi connectivity index (χ0) is 20.1. The molecule has 1 aliphatic heterocycles. The maximum atomic E-state index is 12.7. The Morgan fingerprint density at radius 3 is 2.50 bits per heavy atom. The van der Waals surface area contributed by atoms with Gasteiger partial charge >= 0.3 is 0 Å². The van der Waals surface area contributed by atoms with Crippen LogP contribution in [0.5, 0.6) is 11.5 Å². The molecule has 1 fully saturated rings. The molecule has 3 rings (SSSR count). The molecular formula is C22H25N3O3. The smallest absolute Gasteiger partial charge is 0.251 e. The topological polar surface area (TPSA) is 74.6 Å². The van der Waals surface area contributed by atoms with E-state index in [1.54, 1.807) is 38.5 Å². The van der Waals surface area contributed by atoms with Crippen LogP contribution in [0.4, 0.5) is 0 Å². The summed E-state index contributed by atoms with van der Waals surface area (Å²) in [5, 5.41) is 12.1. The lowest BCUT2D eigenvalue weighted by atomic mass is 9.85. The monoisotopic (exact) mass is 379 g/mol. The Morgan fingerprint density at radius 1 is 1.14 bits per heavy atom. The van der Waals surface area contributed by atoms with Crippen molar-refractivity contribution in [3.05, 3.63) is 59.2 Å². The van der Waals surface area contributed by atoms with E-state index in [4.69, 9.17) is 14.7 Å². The summed E-state index contributed by atoms with van der Waals surface area (Å²) in [5.41, 5.74) is 2.21. The molecule has 1 heterocycles. The van der Waals surface area contributed by atoms with Crippen molar-refractivity contribution in [2.24, 2.45) is 0 Å². The van der Waals surface area contributed by atoms with Gasteiger partial charge in [-0.3, -0.25) is 4.79 Å². The Balaban J connectivity index is 1.82. The van der Waals surface area contributed by atoms with E-state index in [1.807, 2.05) is 18.2 Å². The van der Waals surface area contributed by atoms with Crippen molar-refractivity contribution in [3.63, 3.8) is 0 Å². The van der Waals surface area contributed by atoms with Gasteiger partial charge in [-0.2, -0.15) is 5.26 Å². The highest BCUT2D eigenvalue weighted by molar-refractivity contribution is 5.94. The van der Waals surface area contributed by atoms with Crippen molar-refractivity contribution in [2.75, 3.05) is 34.4 Å². The third-order valence-electron chi connectivity index (χ3n) is 5.24.